The second kappa shape index (κ2) is 8.53. The van der Waals surface area contributed by atoms with Gasteiger partial charge in [-0.2, -0.15) is 4.31 Å². The van der Waals surface area contributed by atoms with Gasteiger partial charge in [0.05, 0.1) is 18.4 Å². The average Bonchev–Trinajstić information content (AvgIpc) is 2.61. The monoisotopic (exact) mass is 381 g/mol. The smallest absolute Gasteiger partial charge is 0.306 e. The molecule has 1 aliphatic carbocycles. The molecule has 1 aromatic carbocycles. The Balaban J connectivity index is 2.29. The van der Waals surface area contributed by atoms with Crippen LogP contribution in [0.4, 0.5) is 0 Å². The molecule has 0 unspecified atom stereocenters. The largest absolute Gasteiger partial charge is 0.469 e. The SMILES string of the molecule is COC(=O)CCN(C1CCCCC1)S(=O)(=O)c1ccc(C(C)(C)C)cc1. The number of ether oxygens (including phenoxy) is 1. The van der Waals surface area contributed by atoms with Gasteiger partial charge in [-0.3, -0.25) is 4.79 Å². The lowest BCUT2D eigenvalue weighted by Crippen LogP contribution is -2.42. The molecule has 1 aromatic rings. The average molecular weight is 382 g/mol. The number of methoxy groups -OCH3 is 1. The standard InChI is InChI=1S/C20H31NO4S/c1-20(2,3)16-10-12-18(13-11-16)26(23,24)21(15-14-19(22)25-4)17-8-6-5-7-9-17/h10-13,17H,5-9,14-15H2,1-4H3. The minimum atomic E-state index is -3.64. The fraction of sp³-hybridized carbons (Fsp3) is 0.650. The molecule has 0 amide bonds. The molecule has 1 fully saturated rings. The summed E-state index contributed by atoms with van der Waals surface area (Å²) in [4.78, 5) is 11.9. The molecule has 6 heteroatoms. The van der Waals surface area contributed by atoms with Crippen molar-refractivity contribution in [2.45, 2.75) is 75.6 Å². The number of sulfonamides is 1. The molecule has 0 N–H and O–H groups in total. The number of hydrogen-bond acceptors (Lipinski definition) is 4. The molecule has 5 nitrogen and oxygen atoms in total. The summed E-state index contributed by atoms with van der Waals surface area (Å²) < 4.78 is 32.8. The molecule has 0 aromatic heterocycles. The van der Waals surface area contributed by atoms with E-state index < -0.39 is 10.0 Å². The molecule has 0 bridgehead atoms. The molecule has 0 heterocycles. The molecular weight excluding hydrogens is 350 g/mol. The van der Waals surface area contributed by atoms with E-state index in [0.717, 1.165) is 37.7 Å². The van der Waals surface area contributed by atoms with Gasteiger partial charge in [-0.1, -0.05) is 52.2 Å². The van der Waals surface area contributed by atoms with E-state index >= 15 is 0 Å². The molecule has 1 saturated carbocycles. The first-order valence-electron chi connectivity index (χ1n) is 9.35. The van der Waals surface area contributed by atoms with Gasteiger partial charge < -0.3 is 4.74 Å². The maximum atomic E-state index is 13.3. The molecule has 0 saturated heterocycles. The predicted molar refractivity (Wildman–Crippen MR) is 103 cm³/mol. The molecule has 146 valence electrons. The number of nitrogens with zero attached hydrogens (tertiary/aromatic N) is 1. The van der Waals surface area contributed by atoms with Crippen LogP contribution in [0.25, 0.3) is 0 Å². The highest BCUT2D eigenvalue weighted by molar-refractivity contribution is 7.89. The Kier molecular flexibility index (Phi) is 6.86. The lowest BCUT2D eigenvalue weighted by molar-refractivity contribution is -0.140. The summed E-state index contributed by atoms with van der Waals surface area (Å²) in [5.74, 6) is -0.385. The van der Waals surface area contributed by atoms with Crippen molar-refractivity contribution in [2.75, 3.05) is 13.7 Å². The lowest BCUT2D eigenvalue weighted by Gasteiger charge is -2.33. The fourth-order valence-corrected chi connectivity index (χ4v) is 5.12. The second-order valence-electron chi connectivity index (χ2n) is 8.01. The Morgan fingerprint density at radius 2 is 1.69 bits per heavy atom. The normalized spacial score (nSPS) is 16.7. The summed E-state index contributed by atoms with van der Waals surface area (Å²) in [5.41, 5.74) is 1.06. The van der Waals surface area contributed by atoms with Gasteiger partial charge in [0.2, 0.25) is 10.0 Å². The van der Waals surface area contributed by atoms with E-state index in [4.69, 9.17) is 4.74 Å². The molecule has 1 aliphatic rings. The van der Waals surface area contributed by atoms with Gasteiger partial charge in [-0.15, -0.1) is 0 Å². The van der Waals surface area contributed by atoms with Crippen molar-refractivity contribution in [3.63, 3.8) is 0 Å². The van der Waals surface area contributed by atoms with E-state index in [1.165, 1.54) is 11.4 Å². The Bertz CT molecular complexity index is 698. The van der Waals surface area contributed by atoms with Crippen molar-refractivity contribution in [3.05, 3.63) is 29.8 Å². The van der Waals surface area contributed by atoms with Crippen molar-refractivity contribution in [1.82, 2.24) is 4.31 Å². The summed E-state index contributed by atoms with van der Waals surface area (Å²) in [5, 5.41) is 0. The Hall–Kier alpha value is -1.40. The zero-order valence-corrected chi connectivity index (χ0v) is 17.1. The van der Waals surface area contributed by atoms with Crippen LogP contribution < -0.4 is 0 Å². The van der Waals surface area contributed by atoms with E-state index in [0.29, 0.717) is 4.90 Å². The summed E-state index contributed by atoms with van der Waals surface area (Å²) in [6, 6.07) is 7.09. The van der Waals surface area contributed by atoms with Gasteiger partial charge >= 0.3 is 5.97 Å². The van der Waals surface area contributed by atoms with Gasteiger partial charge in [0.15, 0.2) is 0 Å². The number of hydrogen-bond donors (Lipinski definition) is 0. The first-order chi connectivity index (χ1) is 12.2. The van der Waals surface area contributed by atoms with Crippen LogP contribution in [0, 0.1) is 0 Å². The van der Waals surface area contributed by atoms with Crippen molar-refractivity contribution >= 4 is 16.0 Å². The van der Waals surface area contributed by atoms with Crippen molar-refractivity contribution in [3.8, 4) is 0 Å². The predicted octanol–water partition coefficient (Wildman–Crippen LogP) is 3.87. The molecular formula is C20H31NO4S. The van der Waals surface area contributed by atoms with Crippen LogP contribution in [0.1, 0.15) is 64.9 Å². The maximum Gasteiger partial charge on any atom is 0.306 e. The lowest BCUT2D eigenvalue weighted by atomic mass is 9.87. The molecule has 2 rings (SSSR count). The molecule has 0 radical (unpaired) electrons. The Morgan fingerprint density at radius 3 is 2.19 bits per heavy atom. The van der Waals surface area contributed by atoms with Crippen LogP contribution in [0.5, 0.6) is 0 Å². The summed E-state index contributed by atoms with van der Waals surface area (Å²) in [6.07, 6.45) is 4.96. The molecule has 0 spiro atoms. The Morgan fingerprint density at radius 1 is 1.12 bits per heavy atom. The van der Waals surface area contributed by atoms with Gasteiger partial charge in [0.25, 0.3) is 0 Å². The number of esters is 1. The highest BCUT2D eigenvalue weighted by Gasteiger charge is 2.32. The third-order valence-electron chi connectivity index (χ3n) is 5.07. The van der Waals surface area contributed by atoms with Gasteiger partial charge in [-0.25, -0.2) is 8.42 Å². The van der Waals surface area contributed by atoms with E-state index in [-0.39, 0.29) is 30.4 Å². The summed E-state index contributed by atoms with van der Waals surface area (Å²) in [7, 11) is -2.31. The molecule has 0 atom stereocenters. The highest BCUT2D eigenvalue weighted by atomic mass is 32.2. The molecule has 26 heavy (non-hydrogen) atoms. The molecule has 0 aliphatic heterocycles. The first kappa shape index (κ1) is 20.9. The van der Waals surface area contributed by atoms with Crippen LogP contribution in [-0.4, -0.2) is 38.4 Å². The quantitative estimate of drug-likeness (QED) is 0.702. The minimum Gasteiger partial charge on any atom is -0.469 e. The van der Waals surface area contributed by atoms with Crippen molar-refractivity contribution in [1.29, 1.82) is 0 Å². The second-order valence-corrected chi connectivity index (χ2v) is 9.90. The first-order valence-corrected chi connectivity index (χ1v) is 10.8. The maximum absolute atomic E-state index is 13.3. The van der Waals surface area contributed by atoms with Gasteiger partial charge in [-0.05, 0) is 36.0 Å². The van der Waals surface area contributed by atoms with E-state index in [1.807, 2.05) is 12.1 Å². The van der Waals surface area contributed by atoms with Crippen LogP contribution in [0.3, 0.4) is 0 Å². The Labute approximate surface area is 157 Å². The number of carbonyl (C=O) groups is 1. The third-order valence-corrected chi connectivity index (χ3v) is 7.04. The van der Waals surface area contributed by atoms with E-state index in [9.17, 15) is 13.2 Å². The summed E-state index contributed by atoms with van der Waals surface area (Å²) >= 11 is 0. The van der Waals surface area contributed by atoms with Gasteiger partial charge in [0, 0.05) is 12.6 Å². The van der Waals surface area contributed by atoms with E-state index in [1.54, 1.807) is 12.1 Å². The van der Waals surface area contributed by atoms with Crippen LogP contribution in [-0.2, 0) is 25.0 Å². The minimum absolute atomic E-state index is 0.0315. The number of benzene rings is 1. The number of rotatable bonds is 6. The highest BCUT2D eigenvalue weighted by Crippen LogP contribution is 2.29. The van der Waals surface area contributed by atoms with Gasteiger partial charge in [0.1, 0.15) is 0 Å². The summed E-state index contributed by atoms with van der Waals surface area (Å²) in [6.45, 7) is 6.46. The van der Waals surface area contributed by atoms with Crippen molar-refractivity contribution in [2.24, 2.45) is 0 Å². The zero-order valence-electron chi connectivity index (χ0n) is 16.3. The van der Waals surface area contributed by atoms with Crippen LogP contribution in [0.15, 0.2) is 29.2 Å². The number of carbonyl (C=O) groups excluding carboxylic acids is 1. The topological polar surface area (TPSA) is 63.7 Å². The van der Waals surface area contributed by atoms with Crippen molar-refractivity contribution < 1.29 is 17.9 Å². The van der Waals surface area contributed by atoms with Crippen LogP contribution in [0.2, 0.25) is 0 Å². The zero-order chi connectivity index (χ0) is 19.4. The van der Waals surface area contributed by atoms with Crippen LogP contribution >= 0.6 is 0 Å². The third kappa shape index (κ3) is 5.07. The van der Waals surface area contributed by atoms with E-state index in [2.05, 4.69) is 20.8 Å². The fourth-order valence-electron chi connectivity index (χ4n) is 3.43.